The third-order valence-corrected chi connectivity index (χ3v) is 14.3. The summed E-state index contributed by atoms with van der Waals surface area (Å²) in [6, 6.07) is 64.6. The van der Waals surface area contributed by atoms with E-state index in [1.165, 1.54) is 0 Å². The lowest BCUT2D eigenvalue weighted by atomic mass is 9.91. The van der Waals surface area contributed by atoms with Crippen LogP contribution in [0.1, 0.15) is 19.4 Å². The Balaban J connectivity index is 1.22. The molecule has 8 bridgehead atoms. The molecule has 326 valence electrons. The quantitative estimate of drug-likeness (QED) is 0.181. The molecule has 0 amide bonds. The maximum absolute atomic E-state index is 8.36. The van der Waals surface area contributed by atoms with Gasteiger partial charge in [-0.25, -0.2) is 19.9 Å². The number of benzene rings is 10. The highest BCUT2D eigenvalue weighted by molar-refractivity contribution is 6.20. The first kappa shape index (κ1) is 33.3. The van der Waals surface area contributed by atoms with Crippen LogP contribution < -0.4 is 0 Å². The van der Waals surface area contributed by atoms with Gasteiger partial charge < -0.3 is 9.97 Å². The van der Waals surface area contributed by atoms with E-state index in [1.807, 2.05) is 72.8 Å². The lowest BCUT2D eigenvalue weighted by Crippen LogP contribution is -1.87. The van der Waals surface area contributed by atoms with Gasteiger partial charge in [-0.3, -0.25) is 0 Å². The van der Waals surface area contributed by atoms with Crippen LogP contribution in [0, 0.1) is 13.7 Å². The van der Waals surface area contributed by atoms with Crippen molar-refractivity contribution >= 4 is 87.0 Å². The number of aromatic nitrogens is 6. The minimum atomic E-state index is -2.33. The topological polar surface area (TPSA) is 83.1 Å². The second kappa shape index (κ2) is 14.6. The number of aromatic amines is 2. The lowest BCUT2D eigenvalue weighted by molar-refractivity contribution is 1.22. The van der Waals surface area contributed by atoms with Gasteiger partial charge in [0.1, 0.15) is 11.3 Å². The van der Waals surface area contributed by atoms with E-state index in [1.54, 1.807) is 24.3 Å². The van der Waals surface area contributed by atoms with Crippen LogP contribution in [0.3, 0.4) is 0 Å². The molecule has 0 aliphatic carbocycles. The van der Waals surface area contributed by atoms with Gasteiger partial charge in [0, 0.05) is 63.2 Å². The number of rotatable bonds is 2. The molecule has 15 rings (SSSR count). The molecule has 0 unspecified atom stereocenters. The number of aryl methyl sites for hydroxylation is 2. The minimum absolute atomic E-state index is 0.219. The van der Waals surface area contributed by atoms with E-state index in [2.05, 4.69) is 107 Å². The molecule has 10 aromatic carbocycles. The Morgan fingerprint density at radius 3 is 1.01 bits per heavy atom. The molecule has 3 aromatic heterocycles. The molecule has 70 heavy (non-hydrogen) atoms. The number of fused-ring (bicyclic) bond motifs is 24. The third-order valence-electron chi connectivity index (χ3n) is 14.3. The maximum Gasteiger partial charge on any atom is 0.164 e. The number of H-pyrrole nitrogens is 2. The Morgan fingerprint density at radius 1 is 0.329 bits per heavy atom. The summed E-state index contributed by atoms with van der Waals surface area (Å²) in [7, 11) is 0. The van der Waals surface area contributed by atoms with Crippen molar-refractivity contribution in [2.75, 3.05) is 0 Å². The maximum atomic E-state index is 8.36. The smallest absolute Gasteiger partial charge is 0.164 e. The van der Waals surface area contributed by atoms with E-state index in [9.17, 15) is 0 Å². The Bertz CT molecular complexity index is 4540. The molecule has 6 heteroatoms. The second-order valence-corrected chi connectivity index (χ2v) is 18.4. The monoisotopic (exact) mass is 898 g/mol. The van der Waals surface area contributed by atoms with E-state index in [4.69, 9.17) is 28.2 Å². The van der Waals surface area contributed by atoms with Crippen LogP contribution in [-0.4, -0.2) is 29.9 Å². The molecule has 0 radical (unpaired) electrons. The van der Waals surface area contributed by atoms with Crippen LogP contribution in [0.4, 0.5) is 0 Å². The first-order valence-corrected chi connectivity index (χ1v) is 23.4. The van der Waals surface area contributed by atoms with Crippen molar-refractivity contribution in [2.24, 2.45) is 0 Å². The van der Waals surface area contributed by atoms with Crippen LogP contribution in [0.25, 0.3) is 155 Å². The number of hydrogen-bond donors (Lipinski definition) is 2. The molecule has 2 aliphatic heterocycles. The second-order valence-electron chi connectivity index (χ2n) is 18.4. The van der Waals surface area contributed by atoms with Crippen molar-refractivity contribution < 1.29 is 8.22 Å². The van der Waals surface area contributed by atoms with Crippen molar-refractivity contribution in [2.45, 2.75) is 13.7 Å². The fourth-order valence-electron chi connectivity index (χ4n) is 10.9. The first-order valence-electron chi connectivity index (χ1n) is 26.4. The first-order chi connectivity index (χ1) is 36.9. The minimum Gasteiger partial charge on any atom is -0.339 e. The van der Waals surface area contributed by atoms with Crippen LogP contribution >= 0.6 is 0 Å². The summed E-state index contributed by atoms with van der Waals surface area (Å²) in [5.74, 6) is 0.985. The SMILES string of the molecule is [2H]C([2H])([2H])c1ccc(-c2c3nc(c(-c4ccc(C([2H])([2H])[2H])cc4)c4[nH]c(nc5nc(nc6[nH]c2c2cc7ccccc7cc62)-c2cc6ccccc6cc2-5)c2cc5ccccc5cc42)-c2cc4ccccc4cc2-3)cc1. The van der Waals surface area contributed by atoms with E-state index in [0.29, 0.717) is 34.3 Å². The van der Waals surface area contributed by atoms with Gasteiger partial charge in [-0.1, -0.05) is 157 Å². The van der Waals surface area contributed by atoms with Gasteiger partial charge in [-0.15, -0.1) is 0 Å². The molecule has 2 aliphatic rings. The highest BCUT2D eigenvalue weighted by Crippen LogP contribution is 2.50. The summed E-state index contributed by atoms with van der Waals surface area (Å²) in [5.41, 5.74) is 10.7. The van der Waals surface area contributed by atoms with Gasteiger partial charge in [-0.05, 0) is 116 Å². The number of nitrogens with one attached hydrogen (secondary N) is 2. The zero-order valence-electron chi connectivity index (χ0n) is 43.3. The third kappa shape index (κ3) is 5.86. The largest absolute Gasteiger partial charge is 0.339 e. The fourth-order valence-corrected chi connectivity index (χ4v) is 10.9. The predicted octanol–water partition coefficient (Wildman–Crippen LogP) is 16.6. The van der Waals surface area contributed by atoms with Gasteiger partial charge in [-0.2, -0.15) is 0 Å². The standard InChI is InChI=1S/C64H40N6/c1-35-19-23-37(24-20-35)55-57-47-27-39-11-3-4-12-40(39)28-48(47)58(65-57)56(38-25-21-36(2)22-26-38)60-50-30-42-14-6-8-16-44(42)32-52(50)62(67-60)69-64-54-34-46-18-10-9-17-45(46)33-53(54)63(70-64)68-61-51-31-43-15-7-5-13-41(43)29-49(51)59(55)66-61/h3-34H,1-2H3,(H2,66,67,68,69,70)/i1D3,2D3. The van der Waals surface area contributed by atoms with Crippen molar-refractivity contribution in [1.82, 2.24) is 29.9 Å². The highest BCUT2D eigenvalue weighted by Gasteiger charge is 2.28. The van der Waals surface area contributed by atoms with Gasteiger partial charge in [0.2, 0.25) is 0 Å². The molecule has 0 saturated carbocycles. The van der Waals surface area contributed by atoms with E-state index < -0.39 is 13.7 Å². The zero-order chi connectivity index (χ0) is 51.2. The van der Waals surface area contributed by atoms with Gasteiger partial charge in [0.25, 0.3) is 0 Å². The van der Waals surface area contributed by atoms with Crippen LogP contribution in [0.5, 0.6) is 0 Å². The molecular formula is C64H40N6. The molecular weight excluding hydrogens is 853 g/mol. The van der Waals surface area contributed by atoms with Gasteiger partial charge in [0.15, 0.2) is 11.6 Å². The molecule has 2 N–H and O–H groups in total. The Morgan fingerprint density at radius 2 is 0.657 bits per heavy atom. The summed E-state index contributed by atoms with van der Waals surface area (Å²) in [6.45, 7) is -4.67. The molecule has 0 spiro atoms. The Hall–Kier alpha value is -9.26. The Kier molecular flexibility index (Phi) is 6.94. The normalized spacial score (nSPS) is 13.8. The van der Waals surface area contributed by atoms with Crippen LogP contribution in [0.2, 0.25) is 0 Å². The predicted molar refractivity (Wildman–Crippen MR) is 291 cm³/mol. The summed E-state index contributed by atoms with van der Waals surface area (Å²) in [4.78, 5) is 30.0. The average Bonchev–Trinajstić information content (AvgIpc) is 4.32. The zero-order valence-corrected chi connectivity index (χ0v) is 37.3. The molecule has 0 atom stereocenters. The van der Waals surface area contributed by atoms with Gasteiger partial charge in [0.05, 0.1) is 22.4 Å². The molecule has 13 aromatic rings. The Labute approximate surface area is 410 Å². The highest BCUT2D eigenvalue weighted by atomic mass is 15.0. The molecule has 0 fully saturated rings. The molecule has 5 heterocycles. The van der Waals surface area contributed by atoms with Crippen molar-refractivity contribution in [3.63, 3.8) is 0 Å². The van der Waals surface area contributed by atoms with Crippen molar-refractivity contribution in [3.05, 3.63) is 205 Å². The van der Waals surface area contributed by atoms with Crippen molar-refractivity contribution in [1.29, 1.82) is 0 Å². The van der Waals surface area contributed by atoms with E-state index in [0.717, 1.165) is 120 Å². The molecule has 6 nitrogen and oxygen atoms in total. The summed E-state index contributed by atoms with van der Waals surface area (Å²) in [5, 5.41) is 11.7. The van der Waals surface area contributed by atoms with E-state index in [-0.39, 0.29) is 11.1 Å². The fraction of sp³-hybridized carbons (Fsp3) is 0.0312. The van der Waals surface area contributed by atoms with E-state index >= 15 is 0 Å². The number of nitrogens with zero attached hydrogens (tertiary/aromatic N) is 4. The average molecular weight is 899 g/mol. The summed E-state index contributed by atoms with van der Waals surface area (Å²) < 4.78 is 50.2. The molecule has 0 saturated heterocycles. The van der Waals surface area contributed by atoms with Crippen molar-refractivity contribution in [3.8, 4) is 67.5 Å². The van der Waals surface area contributed by atoms with Crippen LogP contribution in [-0.2, 0) is 0 Å². The number of hydrogen-bond acceptors (Lipinski definition) is 4. The van der Waals surface area contributed by atoms with Gasteiger partial charge >= 0.3 is 0 Å². The lowest BCUT2D eigenvalue weighted by Gasteiger charge is -2.10. The van der Waals surface area contributed by atoms with Crippen LogP contribution in [0.15, 0.2) is 194 Å². The summed E-state index contributed by atoms with van der Waals surface area (Å²) in [6.07, 6.45) is 0. The summed E-state index contributed by atoms with van der Waals surface area (Å²) >= 11 is 0.